The Morgan fingerprint density at radius 1 is 0.920 bits per heavy atom. The lowest BCUT2D eigenvalue weighted by atomic mass is 10.1. The smallest absolute Gasteiger partial charge is 0.270 e. The van der Waals surface area contributed by atoms with Gasteiger partial charge in [-0.2, -0.15) is 0 Å². The second-order valence-corrected chi connectivity index (χ2v) is 5.94. The van der Waals surface area contributed by atoms with Gasteiger partial charge in [0, 0.05) is 25.0 Å². The minimum atomic E-state index is -0.178. The fourth-order valence-electron chi connectivity index (χ4n) is 2.44. The van der Waals surface area contributed by atoms with Gasteiger partial charge < -0.3 is 10.6 Å². The minimum Gasteiger partial charge on any atom is -0.381 e. The fourth-order valence-corrected chi connectivity index (χ4v) is 2.44. The fraction of sp³-hybridized carbons (Fsp3) is 0.143. The number of hydrogen-bond acceptors (Lipinski definition) is 3. The summed E-state index contributed by atoms with van der Waals surface area (Å²) in [4.78, 5) is 16.4. The first-order valence-corrected chi connectivity index (χ1v) is 8.28. The van der Waals surface area contributed by atoms with E-state index in [4.69, 9.17) is 0 Å². The number of carbonyl (C=O) groups is 1. The van der Waals surface area contributed by atoms with Gasteiger partial charge in [-0.3, -0.25) is 9.78 Å². The van der Waals surface area contributed by atoms with Gasteiger partial charge in [0.2, 0.25) is 0 Å². The average molecular weight is 331 g/mol. The molecule has 3 rings (SSSR count). The van der Waals surface area contributed by atoms with Gasteiger partial charge >= 0.3 is 0 Å². The first kappa shape index (κ1) is 16.7. The van der Waals surface area contributed by atoms with E-state index in [1.807, 2.05) is 36.4 Å². The molecule has 4 nitrogen and oxygen atoms in total. The van der Waals surface area contributed by atoms with E-state index in [0.717, 1.165) is 11.3 Å². The number of rotatable bonds is 6. The molecule has 4 heteroatoms. The summed E-state index contributed by atoms with van der Waals surface area (Å²) in [5.74, 6) is -0.178. The summed E-state index contributed by atoms with van der Waals surface area (Å²) in [7, 11) is 0. The first-order chi connectivity index (χ1) is 12.2. The predicted molar refractivity (Wildman–Crippen MR) is 100 cm³/mol. The van der Waals surface area contributed by atoms with Crippen LogP contribution in [0.15, 0.2) is 72.9 Å². The maximum Gasteiger partial charge on any atom is 0.270 e. The van der Waals surface area contributed by atoms with Gasteiger partial charge in [0.25, 0.3) is 5.91 Å². The topological polar surface area (TPSA) is 54.0 Å². The van der Waals surface area contributed by atoms with Crippen LogP contribution in [0.1, 0.15) is 27.2 Å². The van der Waals surface area contributed by atoms with E-state index in [1.165, 1.54) is 11.1 Å². The summed E-state index contributed by atoms with van der Waals surface area (Å²) in [6.45, 7) is 3.26. The van der Waals surface area contributed by atoms with E-state index in [2.05, 4.69) is 46.8 Å². The number of aryl methyl sites for hydroxylation is 1. The van der Waals surface area contributed by atoms with E-state index < -0.39 is 0 Å². The van der Waals surface area contributed by atoms with Crippen LogP contribution in [0.5, 0.6) is 0 Å². The highest BCUT2D eigenvalue weighted by atomic mass is 16.1. The Hall–Kier alpha value is -3.14. The molecule has 0 fully saturated rings. The van der Waals surface area contributed by atoms with Crippen molar-refractivity contribution in [3.8, 4) is 0 Å². The van der Waals surface area contributed by atoms with Crippen LogP contribution >= 0.6 is 0 Å². The normalized spacial score (nSPS) is 10.3. The maximum absolute atomic E-state index is 12.3. The van der Waals surface area contributed by atoms with E-state index in [0.29, 0.717) is 18.8 Å². The quantitative estimate of drug-likeness (QED) is 0.719. The van der Waals surface area contributed by atoms with E-state index >= 15 is 0 Å². The summed E-state index contributed by atoms with van der Waals surface area (Å²) < 4.78 is 0. The Kier molecular flexibility index (Phi) is 5.42. The molecule has 0 bridgehead atoms. The van der Waals surface area contributed by atoms with Crippen molar-refractivity contribution in [2.24, 2.45) is 0 Å². The Balaban J connectivity index is 1.58. The Morgan fingerprint density at radius 3 is 2.40 bits per heavy atom. The lowest BCUT2D eigenvalue weighted by molar-refractivity contribution is 0.0946. The molecule has 3 aromatic rings. The minimum absolute atomic E-state index is 0.178. The molecular weight excluding hydrogens is 310 g/mol. The van der Waals surface area contributed by atoms with Crippen molar-refractivity contribution in [1.82, 2.24) is 10.3 Å². The molecule has 0 saturated carbocycles. The Morgan fingerprint density at radius 2 is 1.64 bits per heavy atom. The van der Waals surface area contributed by atoms with Crippen LogP contribution in [-0.2, 0) is 13.1 Å². The molecule has 0 unspecified atom stereocenters. The average Bonchev–Trinajstić information content (AvgIpc) is 2.67. The van der Waals surface area contributed by atoms with Crippen LogP contribution < -0.4 is 10.6 Å². The standard InChI is InChI=1S/C21H21N3O/c1-16-7-9-18(10-8-16)14-23-19-11-12-22-20(13-19)21(25)24-15-17-5-3-2-4-6-17/h2-13H,14-15H2,1H3,(H,22,23)(H,24,25). The van der Waals surface area contributed by atoms with Crippen molar-refractivity contribution >= 4 is 11.6 Å². The van der Waals surface area contributed by atoms with Gasteiger partial charge in [-0.15, -0.1) is 0 Å². The number of hydrogen-bond donors (Lipinski definition) is 2. The van der Waals surface area contributed by atoms with E-state index in [9.17, 15) is 4.79 Å². The van der Waals surface area contributed by atoms with Crippen LogP contribution in [0.4, 0.5) is 5.69 Å². The van der Waals surface area contributed by atoms with Crippen molar-refractivity contribution in [1.29, 1.82) is 0 Å². The monoisotopic (exact) mass is 331 g/mol. The summed E-state index contributed by atoms with van der Waals surface area (Å²) in [5.41, 5.74) is 4.78. The van der Waals surface area contributed by atoms with Gasteiger partial charge in [0.15, 0.2) is 0 Å². The second kappa shape index (κ2) is 8.11. The van der Waals surface area contributed by atoms with Crippen molar-refractivity contribution in [2.75, 3.05) is 5.32 Å². The second-order valence-electron chi connectivity index (χ2n) is 5.94. The molecule has 0 atom stereocenters. The van der Waals surface area contributed by atoms with Crippen molar-refractivity contribution in [2.45, 2.75) is 20.0 Å². The molecule has 2 aromatic carbocycles. The summed E-state index contributed by atoms with van der Waals surface area (Å²) in [6, 6.07) is 21.8. The summed E-state index contributed by atoms with van der Waals surface area (Å²) in [6.07, 6.45) is 1.65. The van der Waals surface area contributed by atoms with Gasteiger partial charge in [-0.05, 0) is 30.2 Å². The van der Waals surface area contributed by atoms with Gasteiger partial charge in [-0.25, -0.2) is 0 Å². The highest BCUT2D eigenvalue weighted by Crippen LogP contribution is 2.11. The van der Waals surface area contributed by atoms with Crippen LogP contribution in [0.25, 0.3) is 0 Å². The van der Waals surface area contributed by atoms with E-state index in [1.54, 1.807) is 12.3 Å². The third-order valence-corrected chi connectivity index (χ3v) is 3.91. The van der Waals surface area contributed by atoms with Gasteiger partial charge in [0.1, 0.15) is 5.69 Å². The molecule has 25 heavy (non-hydrogen) atoms. The van der Waals surface area contributed by atoms with Crippen LogP contribution in [0, 0.1) is 6.92 Å². The third-order valence-electron chi connectivity index (χ3n) is 3.91. The molecule has 1 heterocycles. The predicted octanol–water partition coefficient (Wildman–Crippen LogP) is 3.93. The molecule has 1 amide bonds. The number of pyridine rings is 1. The molecule has 1 aromatic heterocycles. The zero-order chi connectivity index (χ0) is 17.5. The van der Waals surface area contributed by atoms with Crippen molar-refractivity contribution in [3.05, 3.63) is 95.3 Å². The highest BCUT2D eigenvalue weighted by Gasteiger charge is 2.07. The molecule has 2 N–H and O–H groups in total. The SMILES string of the molecule is Cc1ccc(CNc2ccnc(C(=O)NCc3ccccc3)c2)cc1. The van der Waals surface area contributed by atoms with Crippen LogP contribution in [-0.4, -0.2) is 10.9 Å². The molecule has 0 aliphatic carbocycles. The van der Waals surface area contributed by atoms with Crippen molar-refractivity contribution in [3.63, 3.8) is 0 Å². The molecule has 0 radical (unpaired) electrons. The highest BCUT2D eigenvalue weighted by molar-refractivity contribution is 5.93. The molecule has 0 spiro atoms. The number of nitrogens with zero attached hydrogens (tertiary/aromatic N) is 1. The van der Waals surface area contributed by atoms with Crippen molar-refractivity contribution < 1.29 is 4.79 Å². The number of carbonyl (C=O) groups excluding carboxylic acids is 1. The zero-order valence-corrected chi connectivity index (χ0v) is 14.2. The number of amides is 1. The third kappa shape index (κ3) is 4.91. The Labute approximate surface area is 147 Å². The van der Waals surface area contributed by atoms with Gasteiger partial charge in [0.05, 0.1) is 0 Å². The number of aromatic nitrogens is 1. The number of anilines is 1. The Bertz CT molecular complexity index is 829. The zero-order valence-electron chi connectivity index (χ0n) is 14.2. The molecule has 126 valence electrons. The number of benzene rings is 2. The largest absolute Gasteiger partial charge is 0.381 e. The van der Waals surface area contributed by atoms with Crippen LogP contribution in [0.2, 0.25) is 0 Å². The maximum atomic E-state index is 12.3. The summed E-state index contributed by atoms with van der Waals surface area (Å²) >= 11 is 0. The lowest BCUT2D eigenvalue weighted by Gasteiger charge is -2.09. The van der Waals surface area contributed by atoms with E-state index in [-0.39, 0.29) is 5.91 Å². The molecule has 0 saturated heterocycles. The van der Waals surface area contributed by atoms with Gasteiger partial charge in [-0.1, -0.05) is 60.2 Å². The number of nitrogens with one attached hydrogen (secondary N) is 2. The molecule has 0 aliphatic rings. The van der Waals surface area contributed by atoms with Crippen LogP contribution in [0.3, 0.4) is 0 Å². The summed E-state index contributed by atoms with van der Waals surface area (Å²) in [5, 5.41) is 6.22. The molecular formula is C21H21N3O. The lowest BCUT2D eigenvalue weighted by Crippen LogP contribution is -2.23. The molecule has 0 aliphatic heterocycles. The first-order valence-electron chi connectivity index (χ1n) is 8.28.